The van der Waals surface area contributed by atoms with E-state index in [0.717, 1.165) is 0 Å². The smallest absolute Gasteiger partial charge is 0.343 e. The number of carbonyl (C=O) groups is 1. The van der Waals surface area contributed by atoms with Crippen molar-refractivity contribution >= 4 is 35.2 Å². The molecule has 0 fully saturated rings. The fraction of sp³-hybridized carbons (Fsp3) is 0.118. The second kappa shape index (κ2) is 8.10. The van der Waals surface area contributed by atoms with Crippen LogP contribution in [-0.4, -0.2) is 28.9 Å². The van der Waals surface area contributed by atoms with Gasteiger partial charge in [0.2, 0.25) is 0 Å². The molecule has 0 aliphatic carbocycles. The monoisotopic (exact) mass is 330 g/mol. The Hall–Kier alpha value is -2.66. The molecular weight excluding hydrogens is 316 g/mol. The van der Waals surface area contributed by atoms with Gasteiger partial charge in [0.1, 0.15) is 11.3 Å². The minimum atomic E-state index is -0.660. The summed E-state index contributed by atoms with van der Waals surface area (Å²) in [6.07, 6.45) is 4.30. The minimum absolute atomic E-state index is 0.0435. The second-order valence-corrected chi connectivity index (χ2v) is 4.89. The second-order valence-electron chi connectivity index (χ2n) is 4.46. The van der Waals surface area contributed by atoms with Crippen LogP contribution in [-0.2, 0) is 9.53 Å². The molecule has 0 unspecified atom stereocenters. The van der Waals surface area contributed by atoms with Gasteiger partial charge < -0.3 is 9.84 Å². The molecule has 1 aromatic carbocycles. The summed E-state index contributed by atoms with van der Waals surface area (Å²) >= 11 is 5.90. The van der Waals surface area contributed by atoms with Crippen molar-refractivity contribution in [1.82, 2.24) is 4.98 Å². The molecule has 0 saturated carbocycles. The number of benzene rings is 1. The molecule has 2 rings (SSSR count). The van der Waals surface area contributed by atoms with E-state index in [2.05, 4.69) is 9.98 Å². The Morgan fingerprint density at radius 2 is 2.09 bits per heavy atom. The third-order valence-electron chi connectivity index (χ3n) is 2.86. The highest BCUT2D eigenvalue weighted by Gasteiger charge is 2.16. The van der Waals surface area contributed by atoms with E-state index in [9.17, 15) is 9.90 Å². The maximum atomic E-state index is 12.1. The van der Waals surface area contributed by atoms with E-state index < -0.39 is 5.97 Å². The number of ether oxygens (including phenoxy) is 1. The van der Waals surface area contributed by atoms with Gasteiger partial charge >= 0.3 is 5.97 Å². The molecule has 118 valence electrons. The Kier molecular flexibility index (Phi) is 5.88. The predicted octanol–water partition coefficient (Wildman–Crippen LogP) is 3.97. The van der Waals surface area contributed by atoms with Crippen LogP contribution in [0, 0.1) is 0 Å². The van der Waals surface area contributed by atoms with Gasteiger partial charge in [0.05, 0.1) is 12.3 Å². The molecule has 0 saturated heterocycles. The highest BCUT2D eigenvalue weighted by atomic mass is 35.5. The third kappa shape index (κ3) is 4.66. The van der Waals surface area contributed by atoms with Crippen molar-refractivity contribution < 1.29 is 14.6 Å². The summed E-state index contributed by atoms with van der Waals surface area (Å²) in [4.78, 5) is 20.1. The van der Waals surface area contributed by atoms with E-state index in [1.165, 1.54) is 18.6 Å². The summed E-state index contributed by atoms with van der Waals surface area (Å²) in [6.45, 7) is 1.88. The molecule has 1 N–H and O–H groups in total. The molecule has 5 nitrogen and oxygen atoms in total. The summed E-state index contributed by atoms with van der Waals surface area (Å²) in [5, 5.41) is 10.9. The Balaban J connectivity index is 2.40. The Labute approximate surface area is 138 Å². The van der Waals surface area contributed by atoms with E-state index in [0.29, 0.717) is 16.3 Å². The summed E-state index contributed by atoms with van der Waals surface area (Å²) in [5.41, 5.74) is 0.959. The van der Waals surface area contributed by atoms with E-state index in [4.69, 9.17) is 16.3 Å². The van der Waals surface area contributed by atoms with Gasteiger partial charge in [-0.25, -0.2) is 4.79 Å². The lowest BCUT2D eigenvalue weighted by molar-refractivity contribution is -0.137. The summed E-state index contributed by atoms with van der Waals surface area (Å²) in [6, 6.07) is 10.0. The van der Waals surface area contributed by atoms with Gasteiger partial charge in [-0.2, -0.15) is 0 Å². The zero-order valence-corrected chi connectivity index (χ0v) is 13.2. The SMILES string of the molecule is CCOC(=O)C(C=Nc1cccc(Cl)c1)=C(O)c1ccncc1. The van der Waals surface area contributed by atoms with Gasteiger partial charge in [-0.05, 0) is 37.3 Å². The van der Waals surface area contributed by atoms with Crippen LogP contribution in [0.5, 0.6) is 0 Å². The van der Waals surface area contributed by atoms with Crippen LogP contribution in [0.1, 0.15) is 12.5 Å². The van der Waals surface area contributed by atoms with E-state index in [1.54, 1.807) is 43.3 Å². The van der Waals surface area contributed by atoms with Crippen LogP contribution in [0.3, 0.4) is 0 Å². The molecular formula is C17H15ClN2O3. The van der Waals surface area contributed by atoms with Crippen LogP contribution in [0.15, 0.2) is 59.4 Å². The topological polar surface area (TPSA) is 71.8 Å². The summed E-state index contributed by atoms with van der Waals surface area (Å²) in [5.74, 6) is -0.885. The number of aliphatic hydroxyl groups excluding tert-OH is 1. The molecule has 0 aliphatic rings. The number of rotatable bonds is 5. The van der Waals surface area contributed by atoms with Crippen LogP contribution in [0.25, 0.3) is 5.76 Å². The molecule has 6 heteroatoms. The normalized spacial score (nSPS) is 12.1. The standard InChI is InChI=1S/C17H15ClN2O3/c1-2-23-17(22)15(16(21)12-6-8-19-9-7-12)11-20-14-5-3-4-13(18)10-14/h3-11,21H,2H2,1H3. The number of aliphatic hydroxyl groups is 1. The highest BCUT2D eigenvalue weighted by Crippen LogP contribution is 2.20. The molecule has 0 bridgehead atoms. The molecule has 0 atom stereocenters. The van der Waals surface area contributed by atoms with Crippen molar-refractivity contribution in [3.8, 4) is 0 Å². The molecule has 0 aliphatic heterocycles. The highest BCUT2D eigenvalue weighted by molar-refractivity contribution is 6.30. The quantitative estimate of drug-likeness (QED) is 0.389. The fourth-order valence-corrected chi connectivity index (χ4v) is 1.96. The van der Waals surface area contributed by atoms with Crippen molar-refractivity contribution in [1.29, 1.82) is 0 Å². The first kappa shape index (κ1) is 16.7. The number of aliphatic imine (C=N–C) groups is 1. The fourth-order valence-electron chi connectivity index (χ4n) is 1.78. The lowest BCUT2D eigenvalue weighted by Gasteiger charge is -2.06. The van der Waals surface area contributed by atoms with Gasteiger partial charge in [0, 0.05) is 29.2 Å². The van der Waals surface area contributed by atoms with Gasteiger partial charge in [0.15, 0.2) is 0 Å². The number of esters is 1. The van der Waals surface area contributed by atoms with Crippen molar-refractivity contribution in [2.75, 3.05) is 6.61 Å². The first-order valence-electron chi connectivity index (χ1n) is 6.92. The number of pyridine rings is 1. The third-order valence-corrected chi connectivity index (χ3v) is 3.09. The van der Waals surface area contributed by atoms with Crippen molar-refractivity contribution in [2.24, 2.45) is 4.99 Å². The maximum absolute atomic E-state index is 12.1. The molecule has 1 aromatic heterocycles. The Morgan fingerprint density at radius 1 is 1.35 bits per heavy atom. The van der Waals surface area contributed by atoms with Crippen LogP contribution < -0.4 is 0 Å². The number of halogens is 1. The van der Waals surface area contributed by atoms with Crippen LogP contribution >= 0.6 is 11.6 Å². The molecule has 0 radical (unpaired) electrons. The van der Waals surface area contributed by atoms with Crippen LogP contribution in [0.2, 0.25) is 5.02 Å². The summed E-state index contributed by atoms with van der Waals surface area (Å²) in [7, 11) is 0. The molecule has 0 amide bonds. The van der Waals surface area contributed by atoms with Crippen LogP contribution in [0.4, 0.5) is 5.69 Å². The van der Waals surface area contributed by atoms with Crippen molar-refractivity contribution in [3.63, 3.8) is 0 Å². The number of aromatic nitrogens is 1. The zero-order chi connectivity index (χ0) is 16.7. The van der Waals surface area contributed by atoms with E-state index in [1.807, 2.05) is 0 Å². The van der Waals surface area contributed by atoms with Gasteiger partial charge in [-0.1, -0.05) is 17.7 Å². The lowest BCUT2D eigenvalue weighted by Crippen LogP contribution is -2.11. The average molecular weight is 331 g/mol. The summed E-state index contributed by atoms with van der Waals surface area (Å²) < 4.78 is 4.97. The molecule has 0 spiro atoms. The average Bonchev–Trinajstić information content (AvgIpc) is 2.56. The molecule has 23 heavy (non-hydrogen) atoms. The number of carbonyl (C=O) groups excluding carboxylic acids is 1. The molecule has 2 aromatic rings. The van der Waals surface area contributed by atoms with Gasteiger partial charge in [0.25, 0.3) is 0 Å². The van der Waals surface area contributed by atoms with E-state index in [-0.39, 0.29) is 17.9 Å². The predicted molar refractivity (Wildman–Crippen MR) is 90.0 cm³/mol. The number of hydrogen-bond donors (Lipinski definition) is 1. The maximum Gasteiger partial charge on any atom is 0.343 e. The molecule has 1 heterocycles. The van der Waals surface area contributed by atoms with Crippen molar-refractivity contribution in [3.05, 3.63) is 65.0 Å². The number of nitrogens with zero attached hydrogens (tertiary/aromatic N) is 2. The first-order valence-corrected chi connectivity index (χ1v) is 7.30. The number of hydrogen-bond acceptors (Lipinski definition) is 5. The Morgan fingerprint density at radius 3 is 2.74 bits per heavy atom. The minimum Gasteiger partial charge on any atom is -0.506 e. The van der Waals surface area contributed by atoms with E-state index >= 15 is 0 Å². The zero-order valence-electron chi connectivity index (χ0n) is 12.4. The lowest BCUT2D eigenvalue weighted by atomic mass is 10.1. The first-order chi connectivity index (χ1) is 11.1. The Bertz CT molecular complexity index is 743. The van der Waals surface area contributed by atoms with Crippen molar-refractivity contribution in [2.45, 2.75) is 6.92 Å². The van der Waals surface area contributed by atoms with Gasteiger partial charge in [-0.3, -0.25) is 9.98 Å². The largest absolute Gasteiger partial charge is 0.506 e. The van der Waals surface area contributed by atoms with Gasteiger partial charge in [-0.15, -0.1) is 0 Å².